The zero-order valence-corrected chi connectivity index (χ0v) is 17.3. The number of nitrogens with zero attached hydrogens (tertiary/aromatic N) is 2. The van der Waals surface area contributed by atoms with Crippen molar-refractivity contribution in [2.75, 3.05) is 25.5 Å². The number of piperidine rings is 1. The summed E-state index contributed by atoms with van der Waals surface area (Å²) in [6, 6.07) is 8.36. The summed E-state index contributed by atoms with van der Waals surface area (Å²) < 4.78 is 5.28. The van der Waals surface area contributed by atoms with E-state index in [4.69, 9.17) is 24.5 Å². The molecule has 2 aromatic rings. The third kappa shape index (κ3) is 6.67. The molecule has 0 atom stereocenters. The van der Waals surface area contributed by atoms with Gasteiger partial charge in [-0.2, -0.15) is 0 Å². The number of hydrogen-bond donors (Lipinski definition) is 3. The van der Waals surface area contributed by atoms with Gasteiger partial charge in [0.1, 0.15) is 5.75 Å². The molecule has 1 aliphatic heterocycles. The van der Waals surface area contributed by atoms with Crippen molar-refractivity contribution in [3.8, 4) is 5.75 Å². The molecule has 12 heteroatoms. The zero-order valence-electron chi connectivity index (χ0n) is 16.5. The van der Waals surface area contributed by atoms with E-state index in [1.165, 1.54) is 30.6 Å². The second kappa shape index (κ2) is 10.9. The van der Waals surface area contributed by atoms with Crippen LogP contribution in [0, 0.1) is 10.1 Å². The molecule has 1 aromatic heterocycles. The number of hydrogen-bond acceptors (Lipinski definition) is 8. The van der Waals surface area contributed by atoms with E-state index in [1.807, 2.05) is 22.4 Å². The van der Waals surface area contributed by atoms with Crippen LogP contribution in [0.15, 0.2) is 35.7 Å². The molecule has 1 aromatic carbocycles. The number of ether oxygens (including phenoxy) is 1. The standard InChI is InChI=1S/C17H19N3O4S.C2H2O4/c1-24-15-5-4-13(20(22)23)11-14(15)18-12-6-8-19(9-7-12)17(21)16-3-2-10-25-16;3-1(4)2(5)6/h2-5,10-12,18H,6-9H2,1H3;(H,3,4)(H,5,6). The Balaban J connectivity index is 0.000000501. The van der Waals surface area contributed by atoms with E-state index in [0.717, 1.165) is 17.7 Å². The maximum absolute atomic E-state index is 12.4. The van der Waals surface area contributed by atoms with Crippen molar-refractivity contribution in [2.45, 2.75) is 18.9 Å². The highest BCUT2D eigenvalue weighted by Gasteiger charge is 2.25. The summed E-state index contributed by atoms with van der Waals surface area (Å²) in [7, 11) is 1.54. The van der Waals surface area contributed by atoms with Crippen LogP contribution in [0.5, 0.6) is 5.75 Å². The molecule has 3 rings (SSSR count). The predicted octanol–water partition coefficient (Wildman–Crippen LogP) is 2.54. The van der Waals surface area contributed by atoms with Crippen LogP contribution in [-0.2, 0) is 9.59 Å². The molecule has 0 bridgehead atoms. The van der Waals surface area contributed by atoms with Gasteiger partial charge in [-0.3, -0.25) is 14.9 Å². The molecule has 2 heterocycles. The summed E-state index contributed by atoms with van der Waals surface area (Å²) >= 11 is 1.45. The number of carboxylic acids is 2. The minimum Gasteiger partial charge on any atom is -0.495 e. The van der Waals surface area contributed by atoms with Gasteiger partial charge in [-0.05, 0) is 30.4 Å². The normalized spacial score (nSPS) is 13.5. The molecule has 1 fully saturated rings. The Morgan fingerprint density at radius 1 is 1.19 bits per heavy atom. The summed E-state index contributed by atoms with van der Waals surface area (Å²) in [6.07, 6.45) is 1.56. The number of carbonyl (C=O) groups excluding carboxylic acids is 1. The average molecular weight is 451 g/mol. The minimum atomic E-state index is -1.82. The van der Waals surface area contributed by atoms with E-state index >= 15 is 0 Å². The van der Waals surface area contributed by atoms with Crippen LogP contribution in [0.3, 0.4) is 0 Å². The lowest BCUT2D eigenvalue weighted by molar-refractivity contribution is -0.384. The monoisotopic (exact) mass is 451 g/mol. The zero-order chi connectivity index (χ0) is 23.0. The van der Waals surface area contributed by atoms with E-state index < -0.39 is 16.9 Å². The van der Waals surface area contributed by atoms with Gasteiger partial charge in [0.25, 0.3) is 11.6 Å². The molecule has 0 spiro atoms. The third-order valence-corrected chi connectivity index (χ3v) is 5.31. The number of non-ortho nitro benzene ring substituents is 1. The summed E-state index contributed by atoms with van der Waals surface area (Å²) in [6.45, 7) is 1.32. The Morgan fingerprint density at radius 2 is 1.84 bits per heavy atom. The Bertz CT molecular complexity index is 928. The lowest BCUT2D eigenvalue weighted by atomic mass is 10.0. The first-order valence-corrected chi connectivity index (χ1v) is 9.98. The number of carbonyl (C=O) groups is 3. The van der Waals surface area contributed by atoms with E-state index in [1.54, 1.807) is 6.07 Å². The van der Waals surface area contributed by atoms with E-state index in [2.05, 4.69) is 5.32 Å². The van der Waals surface area contributed by atoms with Crippen molar-refractivity contribution >= 4 is 40.6 Å². The van der Waals surface area contributed by atoms with Crippen molar-refractivity contribution in [2.24, 2.45) is 0 Å². The lowest BCUT2D eigenvalue weighted by Crippen LogP contribution is -2.42. The molecule has 1 saturated heterocycles. The number of benzene rings is 1. The number of anilines is 1. The number of nitro benzene ring substituents is 1. The molecule has 166 valence electrons. The minimum absolute atomic E-state index is 0.0219. The second-order valence-corrected chi connectivity index (χ2v) is 7.39. The number of likely N-dealkylation sites (tertiary alicyclic amines) is 1. The highest BCUT2D eigenvalue weighted by Crippen LogP contribution is 2.31. The number of amides is 1. The summed E-state index contributed by atoms with van der Waals surface area (Å²) in [5.41, 5.74) is 0.633. The smallest absolute Gasteiger partial charge is 0.414 e. The van der Waals surface area contributed by atoms with E-state index in [-0.39, 0.29) is 17.6 Å². The number of carboxylic acid groups (broad SMARTS) is 2. The number of thiophene rings is 1. The second-order valence-electron chi connectivity index (χ2n) is 6.44. The predicted molar refractivity (Wildman–Crippen MR) is 112 cm³/mol. The molecule has 0 aliphatic carbocycles. The van der Waals surface area contributed by atoms with Crippen molar-refractivity contribution in [1.82, 2.24) is 4.90 Å². The van der Waals surface area contributed by atoms with Gasteiger partial charge in [0.2, 0.25) is 0 Å². The largest absolute Gasteiger partial charge is 0.495 e. The summed E-state index contributed by atoms with van der Waals surface area (Å²) in [5, 5.41) is 31.0. The number of methoxy groups -OCH3 is 1. The molecule has 0 saturated carbocycles. The number of aliphatic carboxylic acids is 2. The van der Waals surface area contributed by atoms with Gasteiger partial charge in [0, 0.05) is 31.3 Å². The highest BCUT2D eigenvalue weighted by atomic mass is 32.1. The fraction of sp³-hybridized carbons (Fsp3) is 0.316. The van der Waals surface area contributed by atoms with Crippen molar-refractivity contribution < 1.29 is 34.3 Å². The Hall–Kier alpha value is -3.67. The molecule has 31 heavy (non-hydrogen) atoms. The molecule has 0 radical (unpaired) electrons. The van der Waals surface area contributed by atoms with Crippen LogP contribution >= 0.6 is 11.3 Å². The maximum Gasteiger partial charge on any atom is 0.414 e. The van der Waals surface area contributed by atoms with Gasteiger partial charge in [0.15, 0.2) is 0 Å². The van der Waals surface area contributed by atoms with Crippen LogP contribution in [0.2, 0.25) is 0 Å². The first-order valence-electron chi connectivity index (χ1n) is 9.11. The number of nitro groups is 1. The van der Waals surface area contributed by atoms with Gasteiger partial charge in [-0.25, -0.2) is 9.59 Å². The molecule has 11 nitrogen and oxygen atoms in total. The van der Waals surface area contributed by atoms with Crippen molar-refractivity contribution in [3.63, 3.8) is 0 Å². The van der Waals surface area contributed by atoms with Crippen molar-refractivity contribution in [1.29, 1.82) is 0 Å². The van der Waals surface area contributed by atoms with Crippen LogP contribution in [0.4, 0.5) is 11.4 Å². The highest BCUT2D eigenvalue weighted by molar-refractivity contribution is 7.12. The summed E-state index contributed by atoms with van der Waals surface area (Å²) in [5.74, 6) is -3.01. The van der Waals surface area contributed by atoms with E-state index in [0.29, 0.717) is 24.5 Å². The first-order chi connectivity index (χ1) is 14.7. The fourth-order valence-corrected chi connectivity index (χ4v) is 3.62. The van der Waals surface area contributed by atoms with Gasteiger partial charge in [-0.15, -0.1) is 11.3 Å². The molecular formula is C19H21N3O8S. The number of rotatable bonds is 5. The third-order valence-electron chi connectivity index (χ3n) is 4.45. The molecule has 3 N–H and O–H groups in total. The van der Waals surface area contributed by atoms with Gasteiger partial charge in [0.05, 0.1) is 22.6 Å². The molecule has 1 aliphatic rings. The summed E-state index contributed by atoms with van der Waals surface area (Å²) in [4.78, 5) is 43.7. The van der Waals surface area contributed by atoms with E-state index in [9.17, 15) is 14.9 Å². The SMILES string of the molecule is COc1ccc([N+](=O)[O-])cc1NC1CCN(C(=O)c2cccs2)CC1.O=C(O)C(=O)O. The molecule has 1 amide bonds. The maximum atomic E-state index is 12.4. The van der Waals surface area contributed by atoms with Gasteiger partial charge >= 0.3 is 11.9 Å². The first kappa shape index (κ1) is 23.6. The fourth-order valence-electron chi connectivity index (χ4n) is 2.93. The number of nitrogens with one attached hydrogen (secondary N) is 1. The van der Waals surface area contributed by atoms with Crippen LogP contribution in [0.1, 0.15) is 22.5 Å². The Labute approximate surface area is 181 Å². The topological polar surface area (TPSA) is 159 Å². The van der Waals surface area contributed by atoms with Crippen LogP contribution in [-0.4, -0.2) is 64.1 Å². The Morgan fingerprint density at radius 3 is 2.32 bits per heavy atom. The molecule has 0 unspecified atom stereocenters. The van der Waals surface area contributed by atoms with Gasteiger partial charge < -0.3 is 25.2 Å². The van der Waals surface area contributed by atoms with Gasteiger partial charge in [-0.1, -0.05) is 6.07 Å². The lowest BCUT2D eigenvalue weighted by Gasteiger charge is -2.32. The Kier molecular flexibility index (Phi) is 8.32. The van der Waals surface area contributed by atoms with Crippen molar-refractivity contribution in [3.05, 3.63) is 50.7 Å². The quantitative estimate of drug-likeness (QED) is 0.353. The average Bonchev–Trinajstić information content (AvgIpc) is 3.29. The van der Waals surface area contributed by atoms with Crippen LogP contribution < -0.4 is 10.1 Å². The van der Waals surface area contributed by atoms with Crippen LogP contribution in [0.25, 0.3) is 0 Å². The molecular weight excluding hydrogens is 430 g/mol.